The molecule has 0 heterocycles. The van der Waals surface area contributed by atoms with E-state index in [2.05, 4.69) is 66.0 Å². The second kappa shape index (κ2) is 6.98. The van der Waals surface area contributed by atoms with Gasteiger partial charge in [0.1, 0.15) is 0 Å². The number of allylic oxidation sites excluding steroid dienone is 6. The Morgan fingerprint density at radius 3 is 2.45 bits per heavy atom. The normalized spacial score (nSPS) is 50.5. The molecule has 5 rings (SSSR count). The maximum absolute atomic E-state index is 4.66. The first-order valence-corrected chi connectivity index (χ1v) is 13.2. The van der Waals surface area contributed by atoms with Gasteiger partial charge < -0.3 is 0 Å². The van der Waals surface area contributed by atoms with Gasteiger partial charge in [-0.15, -0.1) is 6.58 Å². The predicted octanol–water partition coefficient (Wildman–Crippen LogP) is 9.06. The van der Waals surface area contributed by atoms with Crippen LogP contribution in [0.4, 0.5) is 0 Å². The Hall–Kier alpha value is -1.04. The minimum Gasteiger partial charge on any atom is -0.100 e. The fourth-order valence-electron chi connectivity index (χ4n) is 10.5. The Labute approximate surface area is 192 Å². The van der Waals surface area contributed by atoms with Crippen LogP contribution < -0.4 is 0 Å². The Morgan fingerprint density at radius 1 is 1.00 bits per heavy atom. The molecule has 0 nitrogen and oxygen atoms in total. The van der Waals surface area contributed by atoms with Crippen molar-refractivity contribution >= 4 is 0 Å². The van der Waals surface area contributed by atoms with Crippen LogP contribution in [0.2, 0.25) is 0 Å². The van der Waals surface area contributed by atoms with E-state index in [1.807, 2.05) is 5.57 Å². The topological polar surface area (TPSA) is 0 Å². The van der Waals surface area contributed by atoms with Crippen molar-refractivity contribution in [1.82, 2.24) is 0 Å². The van der Waals surface area contributed by atoms with Gasteiger partial charge in [-0.3, -0.25) is 0 Å². The average Bonchev–Trinajstić information content (AvgIpc) is 2.92. The van der Waals surface area contributed by atoms with Crippen molar-refractivity contribution in [3.8, 4) is 0 Å². The van der Waals surface area contributed by atoms with Crippen molar-refractivity contribution in [3.63, 3.8) is 0 Å². The Bertz CT molecular complexity index is 855. The van der Waals surface area contributed by atoms with Crippen LogP contribution in [0.5, 0.6) is 0 Å². The molecule has 0 bridgehead atoms. The van der Waals surface area contributed by atoms with Gasteiger partial charge in [-0.1, -0.05) is 62.3 Å². The first kappa shape index (κ1) is 21.8. The van der Waals surface area contributed by atoms with E-state index in [0.29, 0.717) is 21.7 Å². The summed E-state index contributed by atoms with van der Waals surface area (Å²) in [5.41, 5.74) is 6.24. The molecule has 31 heavy (non-hydrogen) atoms. The van der Waals surface area contributed by atoms with Crippen LogP contribution in [-0.2, 0) is 0 Å². The second-order valence-electron chi connectivity index (χ2n) is 13.3. The largest absolute Gasteiger partial charge is 0.100 e. The van der Waals surface area contributed by atoms with Crippen molar-refractivity contribution < 1.29 is 0 Å². The standard InChI is InChI=1S/C31H46/c1-21(2)18-23-12-16-29(6)24(19-23)10-11-25-26(29)13-17-30(7)27(25)20-28(5)14-8-9-15-31(28,30)22(3)4/h8-10,23,25-27H,1,3,11-20H2,2,4-7H3. The molecule has 0 aromatic rings. The van der Waals surface area contributed by atoms with Gasteiger partial charge in [0.25, 0.3) is 0 Å². The number of fused-ring (bicyclic) bond motifs is 7. The highest BCUT2D eigenvalue weighted by Crippen LogP contribution is 2.78. The van der Waals surface area contributed by atoms with E-state index < -0.39 is 0 Å². The third-order valence-electron chi connectivity index (χ3n) is 11.8. The zero-order valence-electron chi connectivity index (χ0n) is 21.0. The van der Waals surface area contributed by atoms with Crippen LogP contribution in [0.15, 0.2) is 48.1 Å². The van der Waals surface area contributed by atoms with E-state index in [0.717, 1.165) is 23.7 Å². The van der Waals surface area contributed by atoms with Gasteiger partial charge >= 0.3 is 0 Å². The van der Waals surface area contributed by atoms with Crippen LogP contribution in [0.25, 0.3) is 0 Å². The molecule has 0 spiro atoms. The summed E-state index contributed by atoms with van der Waals surface area (Å²) in [4.78, 5) is 0. The molecule has 0 aliphatic heterocycles. The molecular formula is C31H46. The fourth-order valence-corrected chi connectivity index (χ4v) is 10.5. The number of hydrogen-bond donors (Lipinski definition) is 0. The highest BCUT2D eigenvalue weighted by atomic mass is 14.7. The SMILES string of the molecule is C=C(C)CC1CCC2(C)C(=CCC3C2CCC2(C)C3CC3(C)CC=CCC32C(=C)C)C1. The lowest BCUT2D eigenvalue weighted by Gasteiger charge is -2.61. The molecule has 0 amide bonds. The van der Waals surface area contributed by atoms with Gasteiger partial charge in [0.2, 0.25) is 0 Å². The van der Waals surface area contributed by atoms with Gasteiger partial charge in [0.15, 0.2) is 0 Å². The third kappa shape index (κ3) is 2.72. The first-order valence-electron chi connectivity index (χ1n) is 13.2. The summed E-state index contributed by atoms with van der Waals surface area (Å²) in [5.74, 6) is 3.47. The van der Waals surface area contributed by atoms with E-state index in [1.165, 1.54) is 75.4 Å². The average molecular weight is 419 g/mol. The van der Waals surface area contributed by atoms with Crippen LogP contribution in [0, 0.1) is 45.3 Å². The summed E-state index contributed by atoms with van der Waals surface area (Å²) in [7, 11) is 0. The van der Waals surface area contributed by atoms with E-state index >= 15 is 0 Å². The molecule has 5 aliphatic rings. The minimum atomic E-state index is 0.300. The van der Waals surface area contributed by atoms with Crippen molar-refractivity contribution in [2.24, 2.45) is 45.3 Å². The molecule has 0 aromatic carbocycles. The van der Waals surface area contributed by atoms with Gasteiger partial charge in [-0.05, 0) is 118 Å². The quantitative estimate of drug-likeness (QED) is 0.401. The zero-order valence-corrected chi connectivity index (χ0v) is 21.0. The maximum Gasteiger partial charge on any atom is 0.00541 e. The minimum absolute atomic E-state index is 0.300. The van der Waals surface area contributed by atoms with Gasteiger partial charge in [-0.25, -0.2) is 0 Å². The molecular weight excluding hydrogens is 372 g/mol. The van der Waals surface area contributed by atoms with Crippen LogP contribution >= 0.6 is 0 Å². The van der Waals surface area contributed by atoms with Crippen molar-refractivity contribution in [3.05, 3.63) is 48.1 Å². The van der Waals surface area contributed by atoms with Gasteiger partial charge in [0, 0.05) is 5.41 Å². The number of hydrogen-bond acceptors (Lipinski definition) is 0. The lowest BCUT2D eigenvalue weighted by Crippen LogP contribution is -2.54. The summed E-state index contributed by atoms with van der Waals surface area (Å²) in [6.07, 6.45) is 21.2. The van der Waals surface area contributed by atoms with Crippen LogP contribution in [0.1, 0.15) is 98.8 Å². The van der Waals surface area contributed by atoms with E-state index in [1.54, 1.807) is 0 Å². The Kier molecular flexibility index (Phi) is 4.90. The molecule has 0 radical (unpaired) electrons. The predicted molar refractivity (Wildman–Crippen MR) is 134 cm³/mol. The molecule has 0 saturated heterocycles. The molecule has 8 atom stereocenters. The molecule has 0 N–H and O–H groups in total. The monoisotopic (exact) mass is 418 g/mol. The Balaban J connectivity index is 1.50. The van der Waals surface area contributed by atoms with Crippen molar-refractivity contribution in [1.29, 1.82) is 0 Å². The lowest BCUT2D eigenvalue weighted by atomic mass is 9.43. The third-order valence-corrected chi connectivity index (χ3v) is 11.8. The van der Waals surface area contributed by atoms with Crippen LogP contribution in [-0.4, -0.2) is 0 Å². The molecule has 3 saturated carbocycles. The molecule has 0 aromatic heterocycles. The van der Waals surface area contributed by atoms with Crippen molar-refractivity contribution in [2.45, 2.75) is 98.8 Å². The zero-order chi connectivity index (χ0) is 22.2. The smallest absolute Gasteiger partial charge is 0.00541 e. The summed E-state index contributed by atoms with van der Waals surface area (Å²) >= 11 is 0. The molecule has 8 unspecified atom stereocenters. The van der Waals surface area contributed by atoms with E-state index in [-0.39, 0.29) is 0 Å². The van der Waals surface area contributed by atoms with E-state index in [9.17, 15) is 0 Å². The molecule has 0 heteroatoms. The summed E-state index contributed by atoms with van der Waals surface area (Å²) < 4.78 is 0. The molecule has 5 aliphatic carbocycles. The van der Waals surface area contributed by atoms with Crippen molar-refractivity contribution in [2.75, 3.05) is 0 Å². The Morgan fingerprint density at radius 2 is 1.74 bits per heavy atom. The van der Waals surface area contributed by atoms with E-state index in [4.69, 9.17) is 0 Å². The number of rotatable bonds is 3. The highest BCUT2D eigenvalue weighted by Gasteiger charge is 2.70. The first-order chi connectivity index (χ1) is 14.6. The lowest BCUT2D eigenvalue weighted by molar-refractivity contribution is -0.0752. The summed E-state index contributed by atoms with van der Waals surface area (Å²) in [6, 6.07) is 0. The molecule has 3 fully saturated rings. The van der Waals surface area contributed by atoms with Gasteiger partial charge in [-0.2, -0.15) is 0 Å². The highest BCUT2D eigenvalue weighted by molar-refractivity contribution is 5.34. The second-order valence-corrected chi connectivity index (χ2v) is 13.3. The fraction of sp³-hybridized carbons (Fsp3) is 0.742. The summed E-state index contributed by atoms with van der Waals surface area (Å²) in [5, 5.41) is 0. The molecule has 170 valence electrons. The van der Waals surface area contributed by atoms with Gasteiger partial charge in [0.05, 0.1) is 0 Å². The maximum atomic E-state index is 4.66. The summed E-state index contributed by atoms with van der Waals surface area (Å²) in [6.45, 7) is 21.4. The van der Waals surface area contributed by atoms with Crippen LogP contribution in [0.3, 0.4) is 0 Å².